The summed E-state index contributed by atoms with van der Waals surface area (Å²) in [5, 5.41) is 18.6. The first-order valence-corrected chi connectivity index (χ1v) is 15.3. The molecule has 8 aliphatic carbocycles. The molecule has 0 unspecified atom stereocenters. The Labute approximate surface area is 253 Å². The van der Waals surface area contributed by atoms with Crippen molar-refractivity contribution in [3.05, 3.63) is 0 Å². The molecule has 8 bridgehead atoms. The molecule has 2 saturated heterocycles. The molecule has 10 rings (SSSR count). The van der Waals surface area contributed by atoms with E-state index in [4.69, 9.17) is 10.0 Å². The first kappa shape index (κ1) is 33.1. The Bertz CT molecular complexity index is 1060. The monoisotopic (exact) mass is 604 g/mol. The molecule has 0 aromatic rings. The molecular weight excluding hydrogens is 556 g/mol. The summed E-state index contributed by atoms with van der Waals surface area (Å²) in [6, 6.07) is 0. The van der Waals surface area contributed by atoms with Gasteiger partial charge in [-0.3, -0.25) is 29.2 Å². The average Bonchev–Trinajstić information content (AvgIpc) is 3.37. The van der Waals surface area contributed by atoms with E-state index in [0.29, 0.717) is 22.8 Å². The van der Waals surface area contributed by atoms with E-state index in [2.05, 4.69) is 0 Å². The molecule has 11 nitrogen and oxygen atoms in total. The summed E-state index contributed by atoms with van der Waals surface area (Å²) in [4.78, 5) is 72.7. The molecule has 43 heavy (non-hydrogen) atoms. The molecule has 2 aliphatic heterocycles. The van der Waals surface area contributed by atoms with E-state index < -0.39 is 23.2 Å². The van der Waals surface area contributed by atoms with Gasteiger partial charge in [-0.05, 0) is 113 Å². The van der Waals surface area contributed by atoms with Gasteiger partial charge >= 0.3 is 11.9 Å². The smallest absolute Gasteiger partial charge is 0.339 e. The van der Waals surface area contributed by atoms with Crippen molar-refractivity contribution in [3.8, 4) is 0 Å². The molecule has 0 radical (unpaired) electrons. The highest BCUT2D eigenvalue weighted by molar-refractivity contribution is 6.02. The van der Waals surface area contributed by atoms with Gasteiger partial charge in [0.25, 0.3) is 23.6 Å². The zero-order valence-electron chi connectivity index (χ0n) is 23.4. The molecule has 11 heteroatoms. The van der Waals surface area contributed by atoms with E-state index in [1.807, 2.05) is 0 Å². The molecule has 0 aromatic carbocycles. The Morgan fingerprint density at radius 2 is 0.884 bits per heavy atom. The molecule has 0 spiro atoms. The van der Waals surface area contributed by atoms with Gasteiger partial charge in [0.05, 0.1) is 10.8 Å². The number of nitrogens with zero attached hydrogens (tertiary/aromatic N) is 2. The second kappa shape index (κ2) is 12.3. The number of imide groups is 2. The maximum Gasteiger partial charge on any atom is 0.339 e. The van der Waals surface area contributed by atoms with Crippen LogP contribution in [0.3, 0.4) is 0 Å². The quantitative estimate of drug-likeness (QED) is 0.338. The van der Waals surface area contributed by atoms with Crippen LogP contribution in [0.5, 0.6) is 0 Å². The van der Waals surface area contributed by atoms with Crippen LogP contribution in [0, 0.1) is 46.3 Å². The SMILES string of the molecule is C.C.O=C(O)C12CC3CC(CC(C3)C1)C2.O=C1CCC(=O)N1O.O=C1CCC(=O)N1OC(=O)C12CC3CC(CC(C3)C1)C2. The summed E-state index contributed by atoms with van der Waals surface area (Å²) < 4.78 is 0. The Kier molecular flexibility index (Phi) is 9.45. The molecule has 0 atom stereocenters. The van der Waals surface area contributed by atoms with Crippen molar-refractivity contribution >= 4 is 35.6 Å². The van der Waals surface area contributed by atoms with Gasteiger partial charge in [0.1, 0.15) is 0 Å². The Morgan fingerprint density at radius 1 is 0.581 bits per heavy atom. The predicted molar refractivity (Wildman–Crippen MR) is 152 cm³/mol. The number of carboxylic acid groups (broad SMARTS) is 1. The zero-order valence-corrected chi connectivity index (χ0v) is 23.4. The van der Waals surface area contributed by atoms with Gasteiger partial charge in [-0.1, -0.05) is 14.9 Å². The fraction of sp³-hybridized carbons (Fsp3) is 0.812. The van der Waals surface area contributed by atoms with Gasteiger partial charge in [0, 0.05) is 25.7 Å². The van der Waals surface area contributed by atoms with Crippen molar-refractivity contribution in [1.82, 2.24) is 10.1 Å². The number of carboxylic acids is 1. The van der Waals surface area contributed by atoms with E-state index in [1.165, 1.54) is 38.5 Å². The highest BCUT2D eigenvalue weighted by Crippen LogP contribution is 2.61. The molecule has 2 heterocycles. The number of amides is 4. The first-order valence-electron chi connectivity index (χ1n) is 15.3. The van der Waals surface area contributed by atoms with Gasteiger partial charge in [-0.25, -0.2) is 4.79 Å². The highest BCUT2D eigenvalue weighted by Gasteiger charge is 2.57. The molecule has 2 N–H and O–H groups in total. The lowest BCUT2D eigenvalue weighted by molar-refractivity contribution is -0.214. The van der Waals surface area contributed by atoms with Gasteiger partial charge in [-0.2, -0.15) is 5.06 Å². The molecule has 240 valence electrons. The molecular formula is C32H48N2O9. The van der Waals surface area contributed by atoms with E-state index in [-0.39, 0.29) is 68.8 Å². The van der Waals surface area contributed by atoms with E-state index in [0.717, 1.165) is 56.3 Å². The van der Waals surface area contributed by atoms with Crippen LogP contribution < -0.4 is 0 Å². The lowest BCUT2D eigenvalue weighted by Crippen LogP contribution is -2.52. The summed E-state index contributed by atoms with van der Waals surface area (Å²) >= 11 is 0. The Morgan fingerprint density at radius 3 is 1.16 bits per heavy atom. The summed E-state index contributed by atoms with van der Waals surface area (Å²) in [7, 11) is 0. The van der Waals surface area contributed by atoms with Crippen molar-refractivity contribution in [2.24, 2.45) is 46.3 Å². The highest BCUT2D eigenvalue weighted by atomic mass is 16.7. The van der Waals surface area contributed by atoms with Crippen LogP contribution in [0.1, 0.15) is 118 Å². The fourth-order valence-corrected chi connectivity index (χ4v) is 10.1. The van der Waals surface area contributed by atoms with Crippen LogP contribution in [-0.2, 0) is 33.6 Å². The maximum atomic E-state index is 12.6. The minimum Gasteiger partial charge on any atom is -0.481 e. The third kappa shape index (κ3) is 6.24. The number of carbonyl (C=O) groups excluding carboxylic acids is 5. The van der Waals surface area contributed by atoms with Gasteiger partial charge in [0.2, 0.25) is 0 Å². The first-order chi connectivity index (χ1) is 19.4. The van der Waals surface area contributed by atoms with E-state index in [1.54, 1.807) is 0 Å². The lowest BCUT2D eigenvalue weighted by atomic mass is 9.49. The van der Waals surface area contributed by atoms with Crippen molar-refractivity contribution in [3.63, 3.8) is 0 Å². The van der Waals surface area contributed by atoms with Crippen molar-refractivity contribution < 1.29 is 43.9 Å². The van der Waals surface area contributed by atoms with Crippen LogP contribution in [-0.4, -0.2) is 56.0 Å². The van der Waals surface area contributed by atoms with Crippen LogP contribution >= 0.6 is 0 Å². The van der Waals surface area contributed by atoms with Crippen molar-refractivity contribution in [2.75, 3.05) is 0 Å². The van der Waals surface area contributed by atoms with Crippen molar-refractivity contribution in [2.45, 2.75) is 118 Å². The van der Waals surface area contributed by atoms with Crippen LogP contribution in [0.4, 0.5) is 0 Å². The lowest BCUT2D eigenvalue weighted by Gasteiger charge is -2.55. The maximum absolute atomic E-state index is 12.6. The number of hydrogen-bond acceptors (Lipinski definition) is 8. The number of rotatable bonds is 3. The summed E-state index contributed by atoms with van der Waals surface area (Å²) in [6.07, 6.45) is 13.9. The standard InChI is InChI=1S/C15H19NO4.C11H16O2.C4H5NO3.2CH4/c17-12-1-2-13(18)16(12)20-14(19)15-6-9-3-10(7-15)5-11(4-9)8-15;12-10(13)11-4-7-1-8(5-11)3-9(2-7)6-11;6-3-1-2-4(7)5(3)8;;/h9-11H,1-8H2;7-9H,1-6H2,(H,12,13);8H,1-2H2;2*1H4. The summed E-state index contributed by atoms with van der Waals surface area (Å²) in [6.45, 7) is 0. The number of hydrogen-bond donors (Lipinski definition) is 2. The van der Waals surface area contributed by atoms with Crippen LogP contribution in [0.15, 0.2) is 0 Å². The second-order valence-electron chi connectivity index (χ2n) is 14.3. The third-order valence-electron chi connectivity index (χ3n) is 11.2. The minimum absolute atomic E-state index is 0. The van der Waals surface area contributed by atoms with Gasteiger partial charge in [0.15, 0.2) is 0 Å². The van der Waals surface area contributed by atoms with E-state index >= 15 is 0 Å². The van der Waals surface area contributed by atoms with Crippen molar-refractivity contribution in [1.29, 1.82) is 0 Å². The molecule has 10 aliphatic rings. The summed E-state index contributed by atoms with van der Waals surface area (Å²) in [5.74, 6) is 1.56. The molecule has 10 fully saturated rings. The molecule has 8 saturated carbocycles. The number of hydroxylamine groups is 4. The van der Waals surface area contributed by atoms with Gasteiger partial charge < -0.3 is 9.94 Å². The number of aliphatic carboxylic acids is 1. The van der Waals surface area contributed by atoms with E-state index in [9.17, 15) is 33.9 Å². The zero-order chi connectivity index (χ0) is 29.1. The Balaban J connectivity index is 0.000000159. The summed E-state index contributed by atoms with van der Waals surface area (Å²) in [5.41, 5.74) is -0.702. The molecule has 0 aromatic heterocycles. The number of carbonyl (C=O) groups is 6. The minimum atomic E-state index is -0.508. The second-order valence-corrected chi connectivity index (χ2v) is 14.3. The third-order valence-corrected chi connectivity index (χ3v) is 11.2. The Hall–Kier alpha value is -2.82. The fourth-order valence-electron chi connectivity index (χ4n) is 10.1. The largest absolute Gasteiger partial charge is 0.481 e. The average molecular weight is 605 g/mol. The van der Waals surface area contributed by atoms with Crippen LogP contribution in [0.2, 0.25) is 0 Å². The predicted octanol–water partition coefficient (Wildman–Crippen LogP) is 4.89. The topological polar surface area (TPSA) is 159 Å². The van der Waals surface area contributed by atoms with Crippen LogP contribution in [0.25, 0.3) is 0 Å². The normalized spacial score (nSPS) is 39.4. The van der Waals surface area contributed by atoms with Gasteiger partial charge in [-0.15, -0.1) is 5.06 Å². The molecule has 4 amide bonds.